The second-order valence-corrected chi connectivity index (χ2v) is 7.10. The summed E-state index contributed by atoms with van der Waals surface area (Å²) >= 11 is 1.36. The van der Waals surface area contributed by atoms with Gasteiger partial charge in [-0.1, -0.05) is 19.9 Å². The van der Waals surface area contributed by atoms with Gasteiger partial charge in [0.2, 0.25) is 0 Å². The number of hydrogen-bond acceptors (Lipinski definition) is 4. The number of hydrogen-bond donors (Lipinski definition) is 2. The quantitative estimate of drug-likeness (QED) is 0.870. The Labute approximate surface area is 139 Å². The molecule has 2 rings (SSSR count). The molecule has 2 aromatic rings. The Morgan fingerprint density at radius 2 is 2.00 bits per heavy atom. The highest BCUT2D eigenvalue weighted by atomic mass is 32.1. The molecular formula is C17H20N2O3S. The van der Waals surface area contributed by atoms with Crippen LogP contribution in [0.15, 0.2) is 18.2 Å². The number of carbonyl (C=O) groups is 2. The molecule has 0 saturated carbocycles. The molecule has 1 aromatic heterocycles. The van der Waals surface area contributed by atoms with E-state index in [1.54, 1.807) is 19.1 Å². The summed E-state index contributed by atoms with van der Waals surface area (Å²) in [5.41, 5.74) is 2.11. The van der Waals surface area contributed by atoms with Gasteiger partial charge in [-0.2, -0.15) is 0 Å². The summed E-state index contributed by atoms with van der Waals surface area (Å²) in [5.74, 6) is -0.847. The molecule has 0 aliphatic rings. The smallest absolute Gasteiger partial charge is 0.336 e. The monoisotopic (exact) mass is 332 g/mol. The molecule has 122 valence electrons. The SMILES string of the molecule is Cc1nc(CC(C)C)c(C(=O)Nc2ccc(C)c(C(=O)O)c2)s1. The van der Waals surface area contributed by atoms with Crippen molar-refractivity contribution in [2.24, 2.45) is 5.92 Å². The average Bonchev–Trinajstić information content (AvgIpc) is 2.80. The number of aromatic carboxylic acids is 1. The third-order valence-electron chi connectivity index (χ3n) is 3.34. The van der Waals surface area contributed by atoms with Gasteiger partial charge in [0.15, 0.2) is 0 Å². The second-order valence-electron chi connectivity index (χ2n) is 5.90. The highest BCUT2D eigenvalue weighted by Gasteiger charge is 2.18. The van der Waals surface area contributed by atoms with Crippen LogP contribution in [0, 0.1) is 19.8 Å². The van der Waals surface area contributed by atoms with E-state index < -0.39 is 5.97 Å². The lowest BCUT2D eigenvalue weighted by Crippen LogP contribution is -2.14. The van der Waals surface area contributed by atoms with Crippen LogP contribution >= 0.6 is 11.3 Å². The van der Waals surface area contributed by atoms with E-state index in [1.807, 2.05) is 6.92 Å². The summed E-state index contributed by atoms with van der Waals surface area (Å²) in [6, 6.07) is 4.87. The molecule has 0 saturated heterocycles. The van der Waals surface area contributed by atoms with Gasteiger partial charge in [-0.15, -0.1) is 11.3 Å². The predicted molar refractivity (Wildman–Crippen MR) is 91.5 cm³/mol. The summed E-state index contributed by atoms with van der Waals surface area (Å²) in [4.78, 5) is 28.7. The summed E-state index contributed by atoms with van der Waals surface area (Å²) < 4.78 is 0. The number of benzene rings is 1. The number of rotatable bonds is 5. The van der Waals surface area contributed by atoms with Gasteiger partial charge in [0.05, 0.1) is 16.3 Å². The summed E-state index contributed by atoms with van der Waals surface area (Å²) in [6.45, 7) is 7.76. The zero-order chi connectivity index (χ0) is 17.1. The van der Waals surface area contributed by atoms with Crippen LogP contribution in [0.5, 0.6) is 0 Å². The molecule has 0 aliphatic carbocycles. The minimum absolute atomic E-state index is 0.186. The van der Waals surface area contributed by atoms with Crippen molar-refractivity contribution in [2.75, 3.05) is 5.32 Å². The summed E-state index contributed by atoms with van der Waals surface area (Å²) in [5, 5.41) is 12.8. The largest absolute Gasteiger partial charge is 0.478 e. The van der Waals surface area contributed by atoms with Crippen LogP contribution < -0.4 is 5.32 Å². The normalized spacial score (nSPS) is 10.8. The van der Waals surface area contributed by atoms with Gasteiger partial charge in [-0.05, 0) is 43.9 Å². The van der Waals surface area contributed by atoms with Crippen LogP contribution in [0.3, 0.4) is 0 Å². The molecule has 0 fully saturated rings. The van der Waals surface area contributed by atoms with E-state index in [0.29, 0.717) is 22.0 Å². The second kappa shape index (κ2) is 6.91. The molecule has 0 radical (unpaired) electrons. The first-order valence-electron chi connectivity index (χ1n) is 7.39. The fourth-order valence-electron chi connectivity index (χ4n) is 2.29. The van der Waals surface area contributed by atoms with E-state index in [2.05, 4.69) is 24.1 Å². The third-order valence-corrected chi connectivity index (χ3v) is 4.35. The van der Waals surface area contributed by atoms with Gasteiger partial charge in [0, 0.05) is 5.69 Å². The molecule has 2 N–H and O–H groups in total. The highest BCUT2D eigenvalue weighted by molar-refractivity contribution is 7.13. The number of nitrogens with one attached hydrogen (secondary N) is 1. The van der Waals surface area contributed by atoms with Crippen molar-refractivity contribution in [2.45, 2.75) is 34.1 Å². The van der Waals surface area contributed by atoms with Crippen LogP contribution in [-0.4, -0.2) is 22.0 Å². The Kier molecular flexibility index (Phi) is 5.15. The summed E-state index contributed by atoms with van der Waals surface area (Å²) in [7, 11) is 0. The molecule has 0 atom stereocenters. The van der Waals surface area contributed by atoms with Crippen molar-refractivity contribution < 1.29 is 14.7 Å². The van der Waals surface area contributed by atoms with Crippen LogP contribution in [0.4, 0.5) is 5.69 Å². The van der Waals surface area contributed by atoms with Crippen LogP contribution in [0.1, 0.15) is 50.1 Å². The van der Waals surface area contributed by atoms with Gasteiger partial charge in [-0.25, -0.2) is 9.78 Å². The number of carboxylic acids is 1. The molecule has 0 bridgehead atoms. The Bertz CT molecular complexity index is 750. The first-order valence-corrected chi connectivity index (χ1v) is 8.21. The van der Waals surface area contributed by atoms with E-state index in [-0.39, 0.29) is 11.5 Å². The number of aryl methyl sites for hydroxylation is 2. The maximum absolute atomic E-state index is 12.5. The number of nitrogens with zero attached hydrogens (tertiary/aromatic N) is 1. The summed E-state index contributed by atoms with van der Waals surface area (Å²) in [6.07, 6.45) is 0.737. The molecule has 0 spiro atoms. The minimum atomic E-state index is -1.01. The number of carbonyl (C=O) groups excluding carboxylic acids is 1. The maximum Gasteiger partial charge on any atom is 0.336 e. The van der Waals surface area contributed by atoms with Crippen molar-refractivity contribution in [3.63, 3.8) is 0 Å². The predicted octanol–water partition coefficient (Wildman–Crippen LogP) is 3.91. The molecule has 23 heavy (non-hydrogen) atoms. The molecule has 0 aliphatic heterocycles. The van der Waals surface area contributed by atoms with E-state index in [4.69, 9.17) is 5.11 Å². The molecule has 1 heterocycles. The number of anilines is 1. The average molecular weight is 332 g/mol. The Balaban J connectivity index is 2.26. The molecule has 1 amide bonds. The number of carboxylic acid groups (broad SMARTS) is 1. The molecule has 5 nitrogen and oxygen atoms in total. The van der Waals surface area contributed by atoms with Gasteiger partial charge < -0.3 is 10.4 Å². The Hall–Kier alpha value is -2.21. The van der Waals surface area contributed by atoms with Crippen molar-refractivity contribution in [1.82, 2.24) is 4.98 Å². The number of thiazole rings is 1. The number of aromatic nitrogens is 1. The van der Waals surface area contributed by atoms with Crippen molar-refractivity contribution in [3.05, 3.63) is 44.9 Å². The van der Waals surface area contributed by atoms with E-state index in [9.17, 15) is 9.59 Å². The van der Waals surface area contributed by atoms with Crippen LogP contribution in [-0.2, 0) is 6.42 Å². The van der Waals surface area contributed by atoms with Gasteiger partial charge >= 0.3 is 5.97 Å². The Morgan fingerprint density at radius 1 is 1.30 bits per heavy atom. The fraction of sp³-hybridized carbons (Fsp3) is 0.353. The van der Waals surface area contributed by atoms with Crippen molar-refractivity contribution in [3.8, 4) is 0 Å². The highest BCUT2D eigenvalue weighted by Crippen LogP contribution is 2.23. The fourth-order valence-corrected chi connectivity index (χ4v) is 3.13. The molecule has 1 aromatic carbocycles. The minimum Gasteiger partial charge on any atom is -0.478 e. The zero-order valence-corrected chi connectivity index (χ0v) is 14.5. The molecular weight excluding hydrogens is 312 g/mol. The maximum atomic E-state index is 12.5. The van der Waals surface area contributed by atoms with Crippen LogP contribution in [0.25, 0.3) is 0 Å². The zero-order valence-electron chi connectivity index (χ0n) is 13.6. The van der Waals surface area contributed by atoms with E-state index in [0.717, 1.165) is 17.1 Å². The first kappa shape index (κ1) is 17.1. The van der Waals surface area contributed by atoms with Crippen molar-refractivity contribution in [1.29, 1.82) is 0 Å². The van der Waals surface area contributed by atoms with Crippen LogP contribution in [0.2, 0.25) is 0 Å². The van der Waals surface area contributed by atoms with Crippen molar-refractivity contribution >= 4 is 28.9 Å². The van der Waals surface area contributed by atoms with Gasteiger partial charge in [0.1, 0.15) is 4.88 Å². The van der Waals surface area contributed by atoms with E-state index in [1.165, 1.54) is 17.4 Å². The molecule has 0 unspecified atom stereocenters. The third kappa shape index (κ3) is 4.16. The molecule has 6 heteroatoms. The van der Waals surface area contributed by atoms with E-state index >= 15 is 0 Å². The number of amides is 1. The van der Waals surface area contributed by atoms with Gasteiger partial charge in [-0.3, -0.25) is 4.79 Å². The first-order chi connectivity index (χ1) is 10.8. The van der Waals surface area contributed by atoms with Gasteiger partial charge in [0.25, 0.3) is 5.91 Å². The lowest BCUT2D eigenvalue weighted by molar-refractivity contribution is 0.0695. The Morgan fingerprint density at radius 3 is 2.61 bits per heavy atom. The topological polar surface area (TPSA) is 79.3 Å². The lowest BCUT2D eigenvalue weighted by atomic mass is 10.1. The lowest BCUT2D eigenvalue weighted by Gasteiger charge is -2.08. The standard InChI is InChI=1S/C17H20N2O3S/c1-9(2)7-14-15(23-11(4)18-14)16(20)19-12-6-5-10(3)13(8-12)17(21)22/h5-6,8-9H,7H2,1-4H3,(H,19,20)(H,21,22).